The summed E-state index contributed by atoms with van der Waals surface area (Å²) in [7, 11) is 0. The topological polar surface area (TPSA) is 145 Å². The van der Waals surface area contributed by atoms with E-state index in [1.54, 1.807) is 66.7 Å². The maximum atomic E-state index is 13.3. The van der Waals surface area contributed by atoms with E-state index >= 15 is 0 Å². The molecule has 0 bridgehead atoms. The second kappa shape index (κ2) is 14.4. The van der Waals surface area contributed by atoms with Crippen LogP contribution in [0.15, 0.2) is 102 Å². The summed E-state index contributed by atoms with van der Waals surface area (Å²) in [6, 6.07) is 23.6. The fraction of sp³-hybridized carbons (Fsp3) is 0.0323. The Labute approximate surface area is 260 Å². The van der Waals surface area contributed by atoms with Crippen molar-refractivity contribution in [2.45, 2.75) is 4.90 Å². The molecule has 0 atom stereocenters. The first kappa shape index (κ1) is 31.2. The number of nitrogens with one attached hydrogen (secondary N) is 3. The Balaban J connectivity index is 1.46. The second-order valence-corrected chi connectivity index (χ2v) is 10.8. The largest absolute Gasteiger partial charge is 0.507 e. The molecular formula is C31H23Cl2N3O6S. The van der Waals surface area contributed by atoms with Gasteiger partial charge in [0.2, 0.25) is 5.91 Å². The predicted molar refractivity (Wildman–Crippen MR) is 168 cm³/mol. The van der Waals surface area contributed by atoms with Crippen molar-refractivity contribution in [3.05, 3.63) is 123 Å². The summed E-state index contributed by atoms with van der Waals surface area (Å²) in [5.41, 5.74) is 1.04. The van der Waals surface area contributed by atoms with E-state index in [4.69, 9.17) is 28.3 Å². The molecule has 0 unspecified atom stereocenters. The van der Waals surface area contributed by atoms with Crippen LogP contribution in [0.3, 0.4) is 0 Å². The highest BCUT2D eigenvalue weighted by Gasteiger charge is 2.17. The van der Waals surface area contributed by atoms with Gasteiger partial charge in [-0.25, -0.2) is 4.79 Å². The van der Waals surface area contributed by atoms with Crippen molar-refractivity contribution in [3.8, 4) is 5.75 Å². The van der Waals surface area contributed by atoms with Gasteiger partial charge in [-0.15, -0.1) is 11.8 Å². The molecular weight excluding hydrogens is 613 g/mol. The van der Waals surface area contributed by atoms with Crippen LogP contribution in [-0.2, 0) is 9.59 Å². The van der Waals surface area contributed by atoms with Crippen molar-refractivity contribution in [1.29, 1.82) is 0 Å². The average Bonchev–Trinajstić information content (AvgIpc) is 2.98. The molecule has 0 radical (unpaired) electrons. The summed E-state index contributed by atoms with van der Waals surface area (Å²) in [5, 5.41) is 27.5. The summed E-state index contributed by atoms with van der Waals surface area (Å²) in [6.07, 6.45) is 1.44. The van der Waals surface area contributed by atoms with Gasteiger partial charge in [0, 0.05) is 31.9 Å². The summed E-state index contributed by atoms with van der Waals surface area (Å²) in [5.74, 6) is -3.27. The highest BCUT2D eigenvalue weighted by Crippen LogP contribution is 2.26. The van der Waals surface area contributed by atoms with Crippen molar-refractivity contribution in [2.75, 3.05) is 16.4 Å². The number of thioether (sulfide) groups is 1. The van der Waals surface area contributed by atoms with Crippen LogP contribution in [0.5, 0.6) is 5.75 Å². The van der Waals surface area contributed by atoms with Crippen LogP contribution in [0.2, 0.25) is 10.0 Å². The molecule has 43 heavy (non-hydrogen) atoms. The van der Waals surface area contributed by atoms with Crippen molar-refractivity contribution in [3.63, 3.8) is 0 Å². The summed E-state index contributed by atoms with van der Waals surface area (Å²) < 4.78 is 0. The molecule has 0 aliphatic carbocycles. The Kier molecular flexibility index (Phi) is 10.4. The Hall–Kier alpha value is -4.77. The number of amides is 3. The highest BCUT2D eigenvalue weighted by molar-refractivity contribution is 8.00. The van der Waals surface area contributed by atoms with Gasteiger partial charge in [-0.05, 0) is 72.3 Å². The molecule has 9 nitrogen and oxygen atoms in total. The molecule has 218 valence electrons. The number of benzene rings is 4. The molecule has 4 aromatic rings. The third-order valence-corrected chi connectivity index (χ3v) is 7.32. The summed E-state index contributed by atoms with van der Waals surface area (Å²) >= 11 is 13.5. The molecule has 12 heteroatoms. The van der Waals surface area contributed by atoms with E-state index in [9.17, 15) is 24.3 Å². The van der Waals surface area contributed by atoms with E-state index in [0.29, 0.717) is 26.7 Å². The van der Waals surface area contributed by atoms with E-state index in [1.165, 1.54) is 36.0 Å². The van der Waals surface area contributed by atoms with Crippen molar-refractivity contribution in [1.82, 2.24) is 5.32 Å². The first-order chi connectivity index (χ1) is 20.6. The molecule has 0 spiro atoms. The second-order valence-electron chi connectivity index (χ2n) is 8.90. The van der Waals surface area contributed by atoms with Crippen LogP contribution in [0.25, 0.3) is 6.08 Å². The normalized spacial score (nSPS) is 11.0. The molecule has 0 aromatic heterocycles. The number of carboxylic acids is 1. The Morgan fingerprint density at radius 3 is 2.28 bits per heavy atom. The number of hydrogen-bond acceptors (Lipinski definition) is 6. The van der Waals surface area contributed by atoms with Gasteiger partial charge in [0.15, 0.2) is 0 Å². The number of aromatic carboxylic acids is 1. The minimum absolute atomic E-state index is 0.0198. The lowest BCUT2D eigenvalue weighted by atomic mass is 10.1. The fourth-order valence-corrected chi connectivity index (χ4v) is 4.93. The average molecular weight is 637 g/mol. The van der Waals surface area contributed by atoms with Gasteiger partial charge in [0.05, 0.1) is 5.75 Å². The molecule has 0 heterocycles. The highest BCUT2D eigenvalue weighted by atomic mass is 35.5. The van der Waals surface area contributed by atoms with Crippen LogP contribution in [0, 0.1) is 0 Å². The third-order valence-electron chi connectivity index (χ3n) is 5.76. The predicted octanol–water partition coefficient (Wildman–Crippen LogP) is 6.54. The molecule has 0 aliphatic rings. The molecule has 4 aromatic carbocycles. The van der Waals surface area contributed by atoms with Crippen LogP contribution in [0.1, 0.15) is 26.3 Å². The monoisotopic (exact) mass is 635 g/mol. The smallest absolute Gasteiger partial charge is 0.339 e. The number of hydrogen-bond donors (Lipinski definition) is 5. The zero-order valence-electron chi connectivity index (χ0n) is 22.1. The van der Waals surface area contributed by atoms with Crippen LogP contribution in [0.4, 0.5) is 11.4 Å². The number of phenols is 1. The van der Waals surface area contributed by atoms with Gasteiger partial charge >= 0.3 is 5.97 Å². The number of anilines is 2. The maximum absolute atomic E-state index is 13.3. The minimum atomic E-state index is -1.32. The number of halogens is 2. The molecule has 3 amide bonds. The first-order valence-electron chi connectivity index (χ1n) is 12.5. The van der Waals surface area contributed by atoms with Crippen molar-refractivity contribution in [2.24, 2.45) is 0 Å². The molecule has 0 saturated carbocycles. The SMILES string of the molecule is O=C(CSc1cccc(NC(=O)/C(=C\c2ccc(Cl)cc2Cl)NC(=O)c2ccccc2)c1)Nc1ccc(O)c(C(=O)O)c1. The van der Waals surface area contributed by atoms with E-state index in [-0.39, 0.29) is 27.7 Å². The van der Waals surface area contributed by atoms with Gasteiger partial charge in [0.25, 0.3) is 11.8 Å². The van der Waals surface area contributed by atoms with Gasteiger partial charge in [-0.2, -0.15) is 0 Å². The van der Waals surface area contributed by atoms with E-state index < -0.39 is 29.4 Å². The summed E-state index contributed by atoms with van der Waals surface area (Å²) in [6.45, 7) is 0. The zero-order chi connectivity index (χ0) is 30.9. The number of carbonyl (C=O) groups excluding carboxylic acids is 3. The quantitative estimate of drug-likeness (QED) is 0.0756. The van der Waals surface area contributed by atoms with Crippen molar-refractivity contribution >= 4 is 76.1 Å². The van der Waals surface area contributed by atoms with Gasteiger partial charge < -0.3 is 26.2 Å². The van der Waals surface area contributed by atoms with Gasteiger partial charge in [-0.3, -0.25) is 14.4 Å². The molecule has 0 saturated heterocycles. The Bertz CT molecular complexity index is 1730. The lowest BCUT2D eigenvalue weighted by Crippen LogP contribution is -2.30. The van der Waals surface area contributed by atoms with Crippen molar-refractivity contribution < 1.29 is 29.4 Å². The Morgan fingerprint density at radius 2 is 1.56 bits per heavy atom. The minimum Gasteiger partial charge on any atom is -0.507 e. The lowest BCUT2D eigenvalue weighted by molar-refractivity contribution is -0.114. The number of aromatic hydroxyl groups is 1. The molecule has 4 rings (SSSR count). The number of carbonyl (C=O) groups is 4. The fourth-order valence-electron chi connectivity index (χ4n) is 3.71. The van der Waals surface area contributed by atoms with E-state index in [2.05, 4.69) is 16.0 Å². The molecule has 5 N–H and O–H groups in total. The summed E-state index contributed by atoms with van der Waals surface area (Å²) in [4.78, 5) is 50.6. The van der Waals surface area contributed by atoms with Gasteiger partial charge in [-0.1, -0.05) is 53.5 Å². The lowest BCUT2D eigenvalue weighted by Gasteiger charge is -2.13. The zero-order valence-corrected chi connectivity index (χ0v) is 24.5. The van der Waals surface area contributed by atoms with Crippen LogP contribution >= 0.6 is 35.0 Å². The van der Waals surface area contributed by atoms with E-state index in [1.807, 2.05) is 0 Å². The maximum Gasteiger partial charge on any atom is 0.339 e. The Morgan fingerprint density at radius 1 is 0.814 bits per heavy atom. The number of rotatable bonds is 10. The van der Waals surface area contributed by atoms with Gasteiger partial charge in [0.1, 0.15) is 17.0 Å². The van der Waals surface area contributed by atoms with Crippen LogP contribution in [-0.4, -0.2) is 39.7 Å². The standard InChI is InChI=1S/C31H23Cl2N3O6S/c32-20-10-9-19(25(33)14-20)13-26(36-29(39)18-5-2-1-3-6-18)30(40)35-21-7-4-8-23(15-21)43-17-28(38)34-22-11-12-27(37)24(16-22)31(41)42/h1-16,37H,17H2,(H,34,38)(H,35,40)(H,36,39)(H,41,42)/b26-13+. The van der Waals surface area contributed by atoms with Crippen LogP contribution < -0.4 is 16.0 Å². The first-order valence-corrected chi connectivity index (χ1v) is 14.3. The van der Waals surface area contributed by atoms with E-state index in [0.717, 1.165) is 6.07 Å². The molecule has 0 fully saturated rings. The third kappa shape index (κ3) is 8.86. The molecule has 0 aliphatic heterocycles. The number of carboxylic acid groups (broad SMARTS) is 1.